The van der Waals surface area contributed by atoms with Crippen molar-refractivity contribution in [1.29, 1.82) is 0 Å². The van der Waals surface area contributed by atoms with Crippen molar-refractivity contribution in [3.8, 4) is 11.5 Å². The minimum Gasteiger partial charge on any atom is -0.456 e. The molecule has 2 aliphatic rings. The van der Waals surface area contributed by atoms with Crippen LogP contribution in [-0.2, 0) is 0 Å². The van der Waals surface area contributed by atoms with E-state index in [1.807, 2.05) is 36.5 Å². The summed E-state index contributed by atoms with van der Waals surface area (Å²) in [5.74, 6) is 2.95. The largest absolute Gasteiger partial charge is 0.456 e. The van der Waals surface area contributed by atoms with Crippen LogP contribution in [0.25, 0.3) is 5.57 Å². The van der Waals surface area contributed by atoms with E-state index in [1.54, 1.807) is 6.20 Å². The molecule has 2 bridgehead atoms. The summed E-state index contributed by atoms with van der Waals surface area (Å²) in [4.78, 5) is 4.35. The van der Waals surface area contributed by atoms with Gasteiger partial charge in [-0.25, -0.2) is 0 Å². The van der Waals surface area contributed by atoms with Crippen LogP contribution in [0.5, 0.6) is 11.5 Å². The van der Waals surface area contributed by atoms with Gasteiger partial charge in [0.2, 0.25) is 0 Å². The minimum absolute atomic E-state index is 0.623. The molecule has 1 aliphatic carbocycles. The third-order valence-corrected chi connectivity index (χ3v) is 4.27. The third-order valence-electron chi connectivity index (χ3n) is 4.27. The molecule has 0 saturated carbocycles. The van der Waals surface area contributed by atoms with Gasteiger partial charge < -0.3 is 10.1 Å². The maximum absolute atomic E-state index is 5.88. The first-order chi connectivity index (χ1) is 10.4. The smallest absolute Gasteiger partial charge is 0.146 e. The van der Waals surface area contributed by atoms with Gasteiger partial charge in [0.25, 0.3) is 0 Å². The number of hydrogen-bond acceptors (Lipinski definition) is 3. The van der Waals surface area contributed by atoms with E-state index in [0.29, 0.717) is 11.8 Å². The average Bonchev–Trinajstić information content (AvgIpc) is 2.83. The zero-order valence-corrected chi connectivity index (χ0v) is 11.8. The molecule has 21 heavy (non-hydrogen) atoms. The topological polar surface area (TPSA) is 34.1 Å². The molecule has 0 radical (unpaired) electrons. The van der Waals surface area contributed by atoms with Crippen molar-refractivity contribution in [1.82, 2.24) is 10.3 Å². The summed E-state index contributed by atoms with van der Waals surface area (Å²) >= 11 is 0. The molecule has 1 N–H and O–H groups in total. The molecule has 1 saturated heterocycles. The number of fused-ring (bicyclic) bond motifs is 2. The van der Waals surface area contributed by atoms with Crippen molar-refractivity contribution < 1.29 is 4.74 Å². The van der Waals surface area contributed by atoms with Crippen LogP contribution in [0.15, 0.2) is 54.9 Å². The lowest BCUT2D eigenvalue weighted by Gasteiger charge is -2.22. The monoisotopic (exact) mass is 278 g/mol. The van der Waals surface area contributed by atoms with E-state index in [-0.39, 0.29) is 0 Å². The molecule has 3 nitrogen and oxygen atoms in total. The van der Waals surface area contributed by atoms with E-state index in [9.17, 15) is 0 Å². The van der Waals surface area contributed by atoms with E-state index in [0.717, 1.165) is 24.6 Å². The number of nitrogens with zero attached hydrogens (tertiary/aromatic N) is 1. The van der Waals surface area contributed by atoms with Gasteiger partial charge in [0, 0.05) is 19.3 Å². The second-order valence-electron chi connectivity index (χ2n) is 5.80. The Morgan fingerprint density at radius 2 is 1.95 bits per heavy atom. The number of pyridine rings is 1. The van der Waals surface area contributed by atoms with Gasteiger partial charge in [0.05, 0.1) is 6.20 Å². The van der Waals surface area contributed by atoms with Crippen LogP contribution in [0.4, 0.5) is 0 Å². The van der Waals surface area contributed by atoms with E-state index in [2.05, 4.69) is 22.4 Å². The highest BCUT2D eigenvalue weighted by Gasteiger charge is 2.30. The summed E-state index contributed by atoms with van der Waals surface area (Å²) < 4.78 is 5.88. The van der Waals surface area contributed by atoms with Crippen molar-refractivity contribution in [2.24, 2.45) is 11.8 Å². The van der Waals surface area contributed by atoms with Crippen LogP contribution in [-0.4, -0.2) is 18.1 Å². The second kappa shape index (κ2) is 5.34. The molecular weight excluding hydrogens is 260 g/mol. The summed E-state index contributed by atoms with van der Waals surface area (Å²) in [5.41, 5.74) is 2.62. The number of rotatable bonds is 3. The highest BCUT2D eigenvalue weighted by atomic mass is 16.5. The Morgan fingerprint density at radius 3 is 2.81 bits per heavy atom. The van der Waals surface area contributed by atoms with Crippen molar-refractivity contribution >= 4 is 5.57 Å². The van der Waals surface area contributed by atoms with Gasteiger partial charge in [-0.05, 0) is 47.6 Å². The van der Waals surface area contributed by atoms with Crippen molar-refractivity contribution in [2.75, 3.05) is 13.1 Å². The number of nitrogens with one attached hydrogen (secondary N) is 1. The Bertz CT molecular complexity index is 666. The van der Waals surface area contributed by atoms with Crippen LogP contribution >= 0.6 is 0 Å². The average molecular weight is 278 g/mol. The summed E-state index contributed by atoms with van der Waals surface area (Å²) in [6.45, 7) is 2.18. The Labute approximate surface area is 124 Å². The first kappa shape index (κ1) is 12.6. The molecule has 1 aliphatic heterocycles. The zero-order valence-electron chi connectivity index (χ0n) is 11.8. The van der Waals surface area contributed by atoms with Gasteiger partial charge in [-0.1, -0.05) is 24.3 Å². The fourth-order valence-electron chi connectivity index (χ4n) is 3.32. The van der Waals surface area contributed by atoms with Crippen LogP contribution in [0.1, 0.15) is 12.0 Å². The number of benzene rings is 1. The number of hydrogen-bond donors (Lipinski definition) is 1. The fraction of sp³-hybridized carbons (Fsp3) is 0.278. The van der Waals surface area contributed by atoms with Gasteiger partial charge in [-0.2, -0.15) is 0 Å². The van der Waals surface area contributed by atoms with Crippen LogP contribution in [0, 0.1) is 11.8 Å². The lowest BCUT2D eigenvalue weighted by Crippen LogP contribution is -2.31. The lowest BCUT2D eigenvalue weighted by molar-refractivity contribution is 0.407. The molecule has 2 atom stereocenters. The Morgan fingerprint density at radius 1 is 1.05 bits per heavy atom. The van der Waals surface area contributed by atoms with Crippen LogP contribution in [0.3, 0.4) is 0 Å². The van der Waals surface area contributed by atoms with Gasteiger partial charge in [0.1, 0.15) is 11.5 Å². The standard InChI is InChI=1S/C18H18N2O/c1-2-4-16(5-3-1)21-17-8-15(11-20-12-17)18-7-13-6-14(18)10-19-9-13/h1-5,7-8,11-14,19H,6,9-10H2. The predicted octanol–water partition coefficient (Wildman–Crippen LogP) is 3.50. The molecule has 4 rings (SSSR count). The van der Waals surface area contributed by atoms with E-state index < -0.39 is 0 Å². The zero-order chi connectivity index (χ0) is 14.1. The molecule has 2 unspecified atom stereocenters. The van der Waals surface area contributed by atoms with Gasteiger partial charge in [-0.15, -0.1) is 0 Å². The van der Waals surface area contributed by atoms with Crippen molar-refractivity contribution in [2.45, 2.75) is 6.42 Å². The summed E-state index contributed by atoms with van der Waals surface area (Å²) in [7, 11) is 0. The lowest BCUT2D eigenvalue weighted by atomic mass is 9.93. The Kier molecular flexibility index (Phi) is 3.20. The van der Waals surface area contributed by atoms with Gasteiger partial charge >= 0.3 is 0 Å². The first-order valence-electron chi connectivity index (χ1n) is 7.49. The van der Waals surface area contributed by atoms with E-state index >= 15 is 0 Å². The molecule has 0 amide bonds. The van der Waals surface area contributed by atoms with Gasteiger partial charge in [0.15, 0.2) is 0 Å². The summed E-state index contributed by atoms with van der Waals surface area (Å²) in [6, 6.07) is 11.9. The molecule has 3 heteroatoms. The SMILES string of the molecule is C1=C(c2cncc(Oc3ccccc3)c2)C2CNCC1C2. The second-order valence-corrected chi connectivity index (χ2v) is 5.80. The van der Waals surface area contributed by atoms with E-state index in [1.165, 1.54) is 17.6 Å². The van der Waals surface area contributed by atoms with Gasteiger partial charge in [-0.3, -0.25) is 4.98 Å². The summed E-state index contributed by atoms with van der Waals surface area (Å²) in [6.07, 6.45) is 7.40. The molecule has 2 aromatic rings. The molecule has 0 spiro atoms. The normalized spacial score (nSPS) is 23.7. The molecule has 1 aromatic carbocycles. The minimum atomic E-state index is 0.623. The quantitative estimate of drug-likeness (QED) is 0.933. The van der Waals surface area contributed by atoms with Crippen molar-refractivity contribution in [3.05, 3.63) is 60.4 Å². The maximum Gasteiger partial charge on any atom is 0.146 e. The van der Waals surface area contributed by atoms with Crippen LogP contribution < -0.4 is 10.1 Å². The third kappa shape index (κ3) is 2.57. The first-order valence-corrected chi connectivity index (χ1v) is 7.49. The molecule has 1 aromatic heterocycles. The molecule has 1 fully saturated rings. The van der Waals surface area contributed by atoms with Crippen LogP contribution in [0.2, 0.25) is 0 Å². The van der Waals surface area contributed by atoms with E-state index in [4.69, 9.17) is 4.74 Å². The Balaban J connectivity index is 1.60. The fourth-order valence-corrected chi connectivity index (χ4v) is 3.32. The number of para-hydroxylation sites is 1. The number of aromatic nitrogens is 1. The predicted molar refractivity (Wildman–Crippen MR) is 83.2 cm³/mol. The molecule has 2 heterocycles. The Hall–Kier alpha value is -2.13. The number of piperidine rings is 1. The molecular formula is C18H18N2O. The van der Waals surface area contributed by atoms with Crippen molar-refractivity contribution in [3.63, 3.8) is 0 Å². The highest BCUT2D eigenvalue weighted by molar-refractivity contribution is 5.70. The maximum atomic E-state index is 5.88. The molecule has 106 valence electrons. The number of ether oxygens (including phenoxy) is 1. The highest BCUT2D eigenvalue weighted by Crippen LogP contribution is 2.39. The summed E-state index contributed by atoms with van der Waals surface area (Å²) in [5, 5.41) is 3.50.